The van der Waals surface area contributed by atoms with Gasteiger partial charge in [0.25, 0.3) is 5.91 Å². The van der Waals surface area contributed by atoms with Gasteiger partial charge in [-0.3, -0.25) is 4.79 Å². The fourth-order valence-corrected chi connectivity index (χ4v) is 2.17. The molecule has 3 nitrogen and oxygen atoms in total. The van der Waals surface area contributed by atoms with Gasteiger partial charge in [0.1, 0.15) is 0 Å². The van der Waals surface area contributed by atoms with Crippen molar-refractivity contribution in [2.24, 2.45) is 5.92 Å². The molecule has 1 rings (SSSR count). The number of nitrogens with two attached hydrogens (primary N) is 1. The Morgan fingerprint density at radius 2 is 2.11 bits per heavy atom. The lowest BCUT2D eigenvalue weighted by atomic mass is 10.00. The summed E-state index contributed by atoms with van der Waals surface area (Å²) < 4.78 is 0. The first-order valence-corrected chi connectivity index (χ1v) is 6.68. The Morgan fingerprint density at radius 3 is 2.67 bits per heavy atom. The van der Waals surface area contributed by atoms with Crippen LogP contribution in [0.4, 0.5) is 5.69 Å². The van der Waals surface area contributed by atoms with E-state index in [9.17, 15) is 4.79 Å². The smallest absolute Gasteiger partial charge is 0.255 e. The zero-order valence-corrected chi connectivity index (χ0v) is 11.9. The van der Waals surface area contributed by atoms with Crippen LogP contribution in [0, 0.1) is 5.92 Å². The first kappa shape index (κ1) is 14.8. The summed E-state index contributed by atoms with van der Waals surface area (Å²) in [5.74, 6) is 0.387. The summed E-state index contributed by atoms with van der Waals surface area (Å²) in [7, 11) is 0. The molecule has 0 heterocycles. The molecule has 2 atom stereocenters. The zero-order valence-electron chi connectivity index (χ0n) is 11.2. The van der Waals surface area contributed by atoms with E-state index in [0.717, 1.165) is 12.8 Å². The van der Waals surface area contributed by atoms with Crippen molar-refractivity contribution in [3.05, 3.63) is 28.8 Å². The Hall–Kier alpha value is -1.22. The van der Waals surface area contributed by atoms with Crippen molar-refractivity contribution in [1.29, 1.82) is 0 Å². The van der Waals surface area contributed by atoms with E-state index in [4.69, 9.17) is 17.3 Å². The number of nitrogen functional groups attached to an aromatic ring is 1. The van der Waals surface area contributed by atoms with Crippen molar-refractivity contribution in [2.75, 3.05) is 5.73 Å². The third-order valence-electron chi connectivity index (χ3n) is 3.10. The number of hydrogen-bond acceptors (Lipinski definition) is 2. The summed E-state index contributed by atoms with van der Waals surface area (Å²) in [5, 5.41) is 3.33. The predicted molar refractivity (Wildman–Crippen MR) is 76.9 cm³/mol. The van der Waals surface area contributed by atoms with Gasteiger partial charge in [-0.15, -0.1) is 0 Å². The van der Waals surface area contributed by atoms with Gasteiger partial charge in [-0.25, -0.2) is 0 Å². The third-order valence-corrected chi connectivity index (χ3v) is 3.42. The number of rotatable bonds is 5. The topological polar surface area (TPSA) is 55.1 Å². The van der Waals surface area contributed by atoms with E-state index in [1.165, 1.54) is 0 Å². The van der Waals surface area contributed by atoms with Gasteiger partial charge in [0.2, 0.25) is 0 Å². The minimum atomic E-state index is -0.200. The number of benzene rings is 1. The standard InChI is InChI=1S/C14H21ClN2O/c1-4-9(2)8-10(3)17-14(18)13-11(15)6-5-7-12(13)16/h5-7,9-10H,4,8,16H2,1-3H3,(H,17,18). The zero-order chi connectivity index (χ0) is 13.7. The normalized spacial score (nSPS) is 14.0. The molecule has 0 aromatic heterocycles. The van der Waals surface area contributed by atoms with Crippen LogP contribution < -0.4 is 11.1 Å². The average molecular weight is 269 g/mol. The summed E-state index contributed by atoms with van der Waals surface area (Å²) in [5.41, 5.74) is 6.56. The molecule has 0 spiro atoms. The molecule has 0 aliphatic carbocycles. The molecule has 0 radical (unpaired) electrons. The average Bonchev–Trinajstić information content (AvgIpc) is 2.28. The van der Waals surface area contributed by atoms with E-state index in [1.54, 1.807) is 18.2 Å². The van der Waals surface area contributed by atoms with Crippen LogP contribution in [0.1, 0.15) is 44.0 Å². The Bertz CT molecular complexity index is 400. The molecule has 18 heavy (non-hydrogen) atoms. The lowest BCUT2D eigenvalue weighted by Crippen LogP contribution is -2.34. The molecule has 1 aromatic rings. The largest absolute Gasteiger partial charge is 0.398 e. The fraction of sp³-hybridized carbons (Fsp3) is 0.500. The van der Waals surface area contributed by atoms with Gasteiger partial charge in [0, 0.05) is 11.7 Å². The Labute approximate surface area is 114 Å². The van der Waals surface area contributed by atoms with Gasteiger partial charge in [-0.05, 0) is 31.4 Å². The van der Waals surface area contributed by atoms with Crippen LogP contribution in [0.5, 0.6) is 0 Å². The van der Waals surface area contributed by atoms with Gasteiger partial charge in [0.15, 0.2) is 0 Å². The van der Waals surface area contributed by atoms with Crippen LogP contribution in [0.25, 0.3) is 0 Å². The van der Waals surface area contributed by atoms with Crippen LogP contribution in [-0.2, 0) is 0 Å². The summed E-state index contributed by atoms with van der Waals surface area (Å²) in [6.45, 7) is 6.31. The molecule has 2 unspecified atom stereocenters. The maximum absolute atomic E-state index is 12.1. The van der Waals surface area contributed by atoms with E-state index in [0.29, 0.717) is 22.2 Å². The number of carbonyl (C=O) groups is 1. The fourth-order valence-electron chi connectivity index (χ4n) is 1.91. The quantitative estimate of drug-likeness (QED) is 0.804. The lowest BCUT2D eigenvalue weighted by Gasteiger charge is -2.18. The van der Waals surface area contributed by atoms with Gasteiger partial charge < -0.3 is 11.1 Å². The van der Waals surface area contributed by atoms with Gasteiger partial charge in [-0.1, -0.05) is 37.9 Å². The third kappa shape index (κ3) is 3.91. The molecule has 3 N–H and O–H groups in total. The maximum Gasteiger partial charge on any atom is 0.255 e. The van der Waals surface area contributed by atoms with E-state index >= 15 is 0 Å². The molecular weight excluding hydrogens is 248 g/mol. The van der Waals surface area contributed by atoms with E-state index in [-0.39, 0.29) is 11.9 Å². The summed E-state index contributed by atoms with van der Waals surface area (Å²) in [4.78, 5) is 12.1. The second-order valence-electron chi connectivity index (χ2n) is 4.83. The minimum Gasteiger partial charge on any atom is -0.398 e. The Kier molecular flexibility index (Phi) is 5.48. The first-order chi connectivity index (χ1) is 8.45. The summed E-state index contributed by atoms with van der Waals surface area (Å²) in [6.07, 6.45) is 2.06. The highest BCUT2D eigenvalue weighted by molar-refractivity contribution is 6.34. The van der Waals surface area contributed by atoms with Gasteiger partial charge in [0.05, 0.1) is 10.6 Å². The van der Waals surface area contributed by atoms with Gasteiger partial charge >= 0.3 is 0 Å². The summed E-state index contributed by atoms with van der Waals surface area (Å²) >= 11 is 6.00. The van der Waals surface area contributed by atoms with Crippen molar-refractivity contribution < 1.29 is 4.79 Å². The van der Waals surface area contributed by atoms with Crippen molar-refractivity contribution in [3.8, 4) is 0 Å². The molecule has 0 aliphatic rings. The van der Waals surface area contributed by atoms with Crippen LogP contribution in [0.3, 0.4) is 0 Å². The van der Waals surface area contributed by atoms with E-state index in [1.807, 2.05) is 6.92 Å². The van der Waals surface area contributed by atoms with Crippen LogP contribution >= 0.6 is 11.6 Å². The molecule has 0 saturated heterocycles. The second-order valence-corrected chi connectivity index (χ2v) is 5.23. The number of anilines is 1. The molecule has 100 valence electrons. The molecule has 0 fully saturated rings. The van der Waals surface area contributed by atoms with Crippen LogP contribution in [0.2, 0.25) is 5.02 Å². The lowest BCUT2D eigenvalue weighted by molar-refractivity contribution is 0.0936. The minimum absolute atomic E-state index is 0.114. The van der Waals surface area contributed by atoms with Crippen LogP contribution in [-0.4, -0.2) is 11.9 Å². The van der Waals surface area contributed by atoms with Crippen molar-refractivity contribution in [1.82, 2.24) is 5.32 Å². The number of amides is 1. The molecule has 0 aliphatic heterocycles. The predicted octanol–water partition coefficient (Wildman–Crippen LogP) is 3.48. The second kappa shape index (κ2) is 6.64. The number of hydrogen-bond donors (Lipinski definition) is 2. The number of carbonyl (C=O) groups excluding carboxylic acids is 1. The van der Waals surface area contributed by atoms with E-state index in [2.05, 4.69) is 19.2 Å². The molecular formula is C14H21ClN2O. The summed E-state index contributed by atoms with van der Waals surface area (Å²) in [6, 6.07) is 5.20. The number of halogens is 1. The molecule has 4 heteroatoms. The first-order valence-electron chi connectivity index (χ1n) is 6.30. The van der Waals surface area contributed by atoms with Gasteiger partial charge in [-0.2, -0.15) is 0 Å². The van der Waals surface area contributed by atoms with Crippen molar-refractivity contribution in [2.45, 2.75) is 39.7 Å². The highest BCUT2D eigenvalue weighted by Crippen LogP contribution is 2.22. The van der Waals surface area contributed by atoms with Crippen molar-refractivity contribution in [3.63, 3.8) is 0 Å². The molecule has 0 saturated carbocycles. The molecule has 0 bridgehead atoms. The molecule has 1 amide bonds. The number of nitrogens with one attached hydrogen (secondary N) is 1. The Morgan fingerprint density at radius 1 is 1.44 bits per heavy atom. The van der Waals surface area contributed by atoms with E-state index < -0.39 is 0 Å². The molecule has 1 aromatic carbocycles. The monoisotopic (exact) mass is 268 g/mol. The maximum atomic E-state index is 12.1. The van der Waals surface area contributed by atoms with Crippen molar-refractivity contribution >= 4 is 23.2 Å². The SMILES string of the molecule is CCC(C)CC(C)NC(=O)c1c(N)cccc1Cl. The Balaban J connectivity index is 2.71. The highest BCUT2D eigenvalue weighted by Gasteiger charge is 2.16. The highest BCUT2D eigenvalue weighted by atomic mass is 35.5. The van der Waals surface area contributed by atoms with Crippen LogP contribution in [0.15, 0.2) is 18.2 Å².